The molecule has 6 heterocycles. The largest absolute Gasteiger partial charge is 0.444 e. The Bertz CT molecular complexity index is 1300. The van der Waals surface area contributed by atoms with Gasteiger partial charge in [-0.2, -0.15) is 0 Å². The standard InChI is InChI=1S/C16H23N5O3.C11H15N5O/c1-16(2,3)24-15(23)19-10-4-6-21(7-5-10)14-11-8-12(22)20-13(11)17-9-18-14;12-7-1-3-16(4-2-7)11-8-5-9(17)15-10(8)13-6-14-11/h9-10H,4-8H2,1-3H3,(H,19,23)(H,17,18,20,22);6-7H,1-5,12H2,(H,13,14,15,17). The van der Waals surface area contributed by atoms with Crippen LogP contribution in [0.1, 0.15) is 57.6 Å². The molecule has 0 spiro atoms. The summed E-state index contributed by atoms with van der Waals surface area (Å²) in [4.78, 5) is 56.0. The summed E-state index contributed by atoms with van der Waals surface area (Å²) in [7, 11) is 0. The van der Waals surface area contributed by atoms with Crippen molar-refractivity contribution in [2.45, 2.75) is 77.0 Å². The number of ether oxygens (including phenoxy) is 1. The number of amides is 3. The van der Waals surface area contributed by atoms with Crippen molar-refractivity contribution in [3.8, 4) is 0 Å². The minimum atomic E-state index is -0.494. The first-order valence-corrected chi connectivity index (χ1v) is 14.1. The molecule has 220 valence electrons. The van der Waals surface area contributed by atoms with E-state index in [0.29, 0.717) is 30.5 Å². The van der Waals surface area contributed by atoms with Crippen molar-refractivity contribution < 1.29 is 19.1 Å². The Balaban J connectivity index is 0.000000174. The van der Waals surface area contributed by atoms with E-state index in [9.17, 15) is 14.4 Å². The van der Waals surface area contributed by atoms with Crippen LogP contribution in [0, 0.1) is 0 Å². The topological polar surface area (TPSA) is 181 Å². The second-order valence-corrected chi connectivity index (χ2v) is 11.7. The number of nitrogens with two attached hydrogens (primary N) is 1. The summed E-state index contributed by atoms with van der Waals surface area (Å²) in [6, 6.07) is 0.381. The molecule has 2 aromatic rings. The maximum atomic E-state index is 11.9. The predicted molar refractivity (Wildman–Crippen MR) is 153 cm³/mol. The number of nitrogens with one attached hydrogen (secondary N) is 3. The summed E-state index contributed by atoms with van der Waals surface area (Å²) in [6.07, 6.45) is 6.87. The van der Waals surface area contributed by atoms with Crippen LogP contribution < -0.4 is 31.5 Å². The highest BCUT2D eigenvalue weighted by Gasteiger charge is 2.30. The maximum Gasteiger partial charge on any atom is 0.407 e. The summed E-state index contributed by atoms with van der Waals surface area (Å²) < 4.78 is 5.29. The predicted octanol–water partition coefficient (Wildman–Crippen LogP) is 1.36. The molecule has 4 aliphatic heterocycles. The summed E-state index contributed by atoms with van der Waals surface area (Å²) in [5.41, 5.74) is 7.18. The van der Waals surface area contributed by atoms with Gasteiger partial charge in [-0.15, -0.1) is 0 Å². The molecule has 0 saturated carbocycles. The molecule has 0 unspecified atom stereocenters. The van der Waals surface area contributed by atoms with Crippen LogP contribution in [0.5, 0.6) is 0 Å². The third-order valence-corrected chi connectivity index (χ3v) is 7.39. The van der Waals surface area contributed by atoms with E-state index in [1.807, 2.05) is 20.8 Å². The molecule has 14 heteroatoms. The average Bonchev–Trinajstić information content (AvgIpc) is 3.49. The number of nitrogens with zero attached hydrogens (tertiary/aromatic N) is 6. The number of rotatable bonds is 3. The second kappa shape index (κ2) is 11.8. The Morgan fingerprint density at radius 3 is 1.78 bits per heavy atom. The molecular formula is C27H38N10O4. The number of hydrogen-bond acceptors (Lipinski definition) is 11. The van der Waals surface area contributed by atoms with Gasteiger partial charge in [-0.25, -0.2) is 24.7 Å². The number of hydrogen-bond donors (Lipinski definition) is 4. The molecule has 0 aromatic carbocycles. The zero-order chi connectivity index (χ0) is 29.1. The van der Waals surface area contributed by atoms with Crippen LogP contribution in [0.3, 0.4) is 0 Å². The van der Waals surface area contributed by atoms with Crippen molar-refractivity contribution in [3.05, 3.63) is 23.8 Å². The second-order valence-electron chi connectivity index (χ2n) is 11.7. The van der Waals surface area contributed by atoms with Gasteiger partial charge in [-0.1, -0.05) is 0 Å². The molecule has 2 fully saturated rings. The SMILES string of the molecule is CC(C)(C)OC(=O)NC1CCN(c2ncnc3c2CC(=O)N3)CC1.NC1CCN(c2ncnc3c2CC(=O)N3)CC1. The smallest absolute Gasteiger partial charge is 0.407 e. The van der Waals surface area contributed by atoms with Gasteiger partial charge >= 0.3 is 6.09 Å². The van der Waals surface area contributed by atoms with Gasteiger partial charge in [0, 0.05) is 49.4 Å². The number of carbonyl (C=O) groups excluding carboxylic acids is 3. The average molecular weight is 567 g/mol. The maximum absolute atomic E-state index is 11.9. The number of aromatic nitrogens is 4. The monoisotopic (exact) mass is 566 g/mol. The van der Waals surface area contributed by atoms with E-state index in [0.717, 1.165) is 74.6 Å². The van der Waals surface area contributed by atoms with Crippen molar-refractivity contribution in [2.24, 2.45) is 5.73 Å². The highest BCUT2D eigenvalue weighted by atomic mass is 16.6. The Kier molecular flexibility index (Phi) is 8.20. The molecule has 3 amide bonds. The fourth-order valence-corrected chi connectivity index (χ4v) is 5.39. The van der Waals surface area contributed by atoms with E-state index in [4.69, 9.17) is 10.5 Å². The highest BCUT2D eigenvalue weighted by Crippen LogP contribution is 2.31. The normalized spacial score (nSPS) is 19.0. The summed E-state index contributed by atoms with van der Waals surface area (Å²) in [5, 5.41) is 8.41. The molecule has 0 radical (unpaired) electrons. The first-order chi connectivity index (χ1) is 19.6. The van der Waals surface area contributed by atoms with Crippen LogP contribution in [0.4, 0.5) is 28.1 Å². The fourth-order valence-electron chi connectivity index (χ4n) is 5.39. The van der Waals surface area contributed by atoms with Gasteiger partial charge < -0.3 is 36.2 Å². The first kappa shape index (κ1) is 28.5. The Morgan fingerprint density at radius 2 is 1.32 bits per heavy atom. The lowest BCUT2D eigenvalue weighted by molar-refractivity contribution is -0.115. The van der Waals surface area contributed by atoms with Crippen molar-refractivity contribution in [2.75, 3.05) is 46.6 Å². The lowest BCUT2D eigenvalue weighted by Gasteiger charge is -2.34. The molecule has 5 N–H and O–H groups in total. The van der Waals surface area contributed by atoms with E-state index < -0.39 is 5.60 Å². The third kappa shape index (κ3) is 6.99. The van der Waals surface area contributed by atoms with Crippen LogP contribution in [0.2, 0.25) is 0 Å². The Morgan fingerprint density at radius 1 is 0.854 bits per heavy atom. The molecule has 0 bridgehead atoms. The van der Waals surface area contributed by atoms with Gasteiger partial charge in [-0.05, 0) is 46.5 Å². The van der Waals surface area contributed by atoms with Crippen LogP contribution in [-0.2, 0) is 27.2 Å². The van der Waals surface area contributed by atoms with E-state index in [-0.39, 0.29) is 23.9 Å². The van der Waals surface area contributed by atoms with Gasteiger partial charge in [0.1, 0.15) is 41.5 Å². The number of anilines is 4. The zero-order valence-electron chi connectivity index (χ0n) is 23.8. The Labute approximate surface area is 238 Å². The summed E-state index contributed by atoms with van der Waals surface area (Å²) >= 11 is 0. The molecule has 2 aromatic heterocycles. The minimum Gasteiger partial charge on any atom is -0.444 e. The molecule has 41 heavy (non-hydrogen) atoms. The van der Waals surface area contributed by atoms with Crippen LogP contribution >= 0.6 is 0 Å². The van der Waals surface area contributed by atoms with E-state index in [1.54, 1.807) is 0 Å². The van der Waals surface area contributed by atoms with E-state index >= 15 is 0 Å². The molecule has 0 aliphatic carbocycles. The number of carbonyl (C=O) groups is 3. The van der Waals surface area contributed by atoms with Crippen molar-refractivity contribution >= 4 is 41.2 Å². The minimum absolute atomic E-state index is 0.00420. The van der Waals surface area contributed by atoms with Crippen molar-refractivity contribution in [1.29, 1.82) is 0 Å². The van der Waals surface area contributed by atoms with Crippen LogP contribution in [0.15, 0.2) is 12.7 Å². The molecule has 2 saturated heterocycles. The number of fused-ring (bicyclic) bond motifs is 2. The molecule has 0 atom stereocenters. The molecular weight excluding hydrogens is 528 g/mol. The van der Waals surface area contributed by atoms with Gasteiger partial charge in [-0.3, -0.25) is 9.59 Å². The lowest BCUT2D eigenvalue weighted by Crippen LogP contribution is -2.46. The van der Waals surface area contributed by atoms with Crippen molar-refractivity contribution in [3.63, 3.8) is 0 Å². The number of alkyl carbamates (subject to hydrolysis) is 1. The zero-order valence-corrected chi connectivity index (χ0v) is 23.8. The van der Waals surface area contributed by atoms with Crippen molar-refractivity contribution in [1.82, 2.24) is 25.3 Å². The highest BCUT2D eigenvalue weighted by molar-refractivity contribution is 6.00. The fraction of sp³-hybridized carbons (Fsp3) is 0.593. The van der Waals surface area contributed by atoms with Gasteiger partial charge in [0.15, 0.2) is 0 Å². The van der Waals surface area contributed by atoms with Crippen LogP contribution in [0.25, 0.3) is 0 Å². The molecule has 4 aliphatic rings. The third-order valence-electron chi connectivity index (χ3n) is 7.39. The first-order valence-electron chi connectivity index (χ1n) is 14.1. The van der Waals surface area contributed by atoms with Crippen LogP contribution in [-0.4, -0.2) is 81.7 Å². The summed E-state index contributed by atoms with van der Waals surface area (Å²) in [6.45, 7) is 8.87. The number of piperidine rings is 2. The summed E-state index contributed by atoms with van der Waals surface area (Å²) in [5.74, 6) is 2.92. The van der Waals surface area contributed by atoms with Gasteiger partial charge in [0.2, 0.25) is 11.8 Å². The Hall–Kier alpha value is -4.07. The lowest BCUT2D eigenvalue weighted by atomic mass is 10.0. The van der Waals surface area contributed by atoms with E-state index in [2.05, 4.69) is 45.7 Å². The molecule has 14 nitrogen and oxygen atoms in total. The molecule has 6 rings (SSSR count). The van der Waals surface area contributed by atoms with Gasteiger partial charge in [0.25, 0.3) is 0 Å². The quantitative estimate of drug-likeness (QED) is 0.421. The van der Waals surface area contributed by atoms with E-state index in [1.165, 1.54) is 12.7 Å². The van der Waals surface area contributed by atoms with Gasteiger partial charge in [0.05, 0.1) is 12.8 Å².